The van der Waals surface area contributed by atoms with Crippen LogP contribution in [0.1, 0.15) is 301 Å². The second kappa shape index (κ2) is 46.5. The van der Waals surface area contributed by atoms with Gasteiger partial charge in [-0.1, -0.05) is 432 Å². The molecule has 131 heavy (non-hydrogen) atoms. The number of benzene rings is 15. The lowest BCUT2D eigenvalue weighted by Crippen LogP contribution is -2.08. The van der Waals surface area contributed by atoms with Crippen molar-refractivity contribution >= 4 is 65.4 Å². The van der Waals surface area contributed by atoms with Crippen LogP contribution in [-0.2, 0) is 57.8 Å². The number of hydrogen-bond donors (Lipinski definition) is 0. The highest BCUT2D eigenvalue weighted by Crippen LogP contribution is 2.54. The van der Waals surface area contributed by atoms with E-state index in [1.807, 2.05) is 194 Å². The Bertz CT molecular complexity index is 6870. The van der Waals surface area contributed by atoms with Crippen molar-refractivity contribution in [3.63, 3.8) is 0 Å². The van der Waals surface area contributed by atoms with Crippen LogP contribution in [0.5, 0.6) is 0 Å². The van der Waals surface area contributed by atoms with E-state index in [-0.39, 0.29) is 7.43 Å². The second-order valence-corrected chi connectivity index (χ2v) is 30.4. The summed E-state index contributed by atoms with van der Waals surface area (Å²) < 4.78 is 7.71. The minimum Gasteiger partial charge on any atom is -0.309 e. The van der Waals surface area contributed by atoms with E-state index in [2.05, 4.69) is 287 Å². The van der Waals surface area contributed by atoms with Gasteiger partial charge in [-0.05, 0) is 248 Å². The molecule has 3 heteroatoms. The van der Waals surface area contributed by atoms with Gasteiger partial charge >= 0.3 is 0 Å². The molecule has 3 aliphatic heterocycles. The summed E-state index contributed by atoms with van der Waals surface area (Å²) in [4.78, 5) is 0. The minimum absolute atomic E-state index is 0. The van der Waals surface area contributed by atoms with Gasteiger partial charge in [-0.3, -0.25) is 0 Å². The van der Waals surface area contributed by atoms with Crippen LogP contribution in [0.15, 0.2) is 273 Å². The van der Waals surface area contributed by atoms with E-state index >= 15 is 0 Å². The highest BCUT2D eigenvalue weighted by atomic mass is 15.0. The van der Waals surface area contributed by atoms with Crippen molar-refractivity contribution in [2.75, 3.05) is 0 Å². The first-order chi connectivity index (χ1) is 64.5. The van der Waals surface area contributed by atoms with E-state index in [1.165, 1.54) is 249 Å². The Labute approximate surface area is 789 Å². The Kier molecular flexibility index (Phi) is 35.8. The molecule has 0 bridgehead atoms. The van der Waals surface area contributed by atoms with Crippen molar-refractivity contribution in [3.05, 3.63) is 373 Å². The molecular weight excluding hydrogens is 1580 g/mol. The molecule has 0 N–H and O–H groups in total. The first-order valence-electron chi connectivity index (χ1n) is 50.8. The SMILES string of the molecule is C.CC.CC.CC.CC.CC.CC.CC.CC.CC.CC.CC.CC.CC.CC.c1ccc2c(c1)Cc1cc3c(cc1-2)-n1c2cc4c(cc2c2cccc(c21)C3)Cc1ccccc1-4.c1ccc2c(c1)Cc1cc3c(cc1-2)-n1c2ccc4c(c2c2cccc(c21)C3)-c1ccccc1C4.c1ccc2c(c1)Cc1cc3c(cc1-2)-n1c2ccc4c(c2c2cccc(c21)C3)Cc1ccccc1-4. The highest BCUT2D eigenvalue weighted by Gasteiger charge is 2.35. The zero-order valence-electron chi connectivity index (χ0n) is 84.2. The molecule has 0 amide bonds. The van der Waals surface area contributed by atoms with Gasteiger partial charge in [0, 0.05) is 51.6 Å². The fourth-order valence-electron chi connectivity index (χ4n) is 21.0. The molecule has 9 aliphatic rings. The number of aromatic nitrogens is 3. The summed E-state index contributed by atoms with van der Waals surface area (Å²) in [5.74, 6) is 0. The maximum absolute atomic E-state index is 2.57. The molecule has 15 aromatic carbocycles. The maximum Gasteiger partial charge on any atom is 0.0576 e. The van der Waals surface area contributed by atoms with Gasteiger partial charge in [0.05, 0.1) is 50.2 Å². The van der Waals surface area contributed by atoms with Gasteiger partial charge in [-0.2, -0.15) is 0 Å². The number of hydrogen-bond acceptors (Lipinski definition) is 0. The summed E-state index contributed by atoms with van der Waals surface area (Å²) in [5, 5.41) is 8.44. The number of nitrogens with zero attached hydrogens (tertiary/aromatic N) is 3. The molecule has 0 spiro atoms. The van der Waals surface area contributed by atoms with E-state index in [0.717, 1.165) is 57.8 Å². The third-order valence-electron chi connectivity index (χ3n) is 25.2. The van der Waals surface area contributed by atoms with Crippen LogP contribution in [-0.4, -0.2) is 13.7 Å². The molecular formula is C128H151N3. The summed E-state index contributed by atoms with van der Waals surface area (Å²) >= 11 is 0. The Morgan fingerprint density at radius 1 is 0.160 bits per heavy atom. The predicted molar refractivity (Wildman–Crippen MR) is 586 cm³/mol. The summed E-state index contributed by atoms with van der Waals surface area (Å²) in [7, 11) is 0. The van der Waals surface area contributed by atoms with E-state index in [4.69, 9.17) is 0 Å². The molecule has 18 aromatic rings. The van der Waals surface area contributed by atoms with Crippen molar-refractivity contribution in [3.8, 4) is 83.8 Å². The molecule has 0 radical (unpaired) electrons. The van der Waals surface area contributed by atoms with E-state index in [0.29, 0.717) is 0 Å². The molecule has 678 valence electrons. The predicted octanol–water partition coefficient (Wildman–Crippen LogP) is 38.5. The molecule has 0 saturated heterocycles. The van der Waals surface area contributed by atoms with E-state index in [1.54, 1.807) is 0 Å². The van der Waals surface area contributed by atoms with Crippen LogP contribution < -0.4 is 0 Å². The van der Waals surface area contributed by atoms with Crippen molar-refractivity contribution in [1.82, 2.24) is 13.7 Å². The number of fused-ring (bicyclic) bond motifs is 35. The van der Waals surface area contributed by atoms with Crippen molar-refractivity contribution in [1.29, 1.82) is 0 Å². The topological polar surface area (TPSA) is 14.8 Å². The zero-order valence-corrected chi connectivity index (χ0v) is 84.2. The fourth-order valence-corrected chi connectivity index (χ4v) is 21.0. The van der Waals surface area contributed by atoms with Gasteiger partial charge in [0.1, 0.15) is 0 Å². The first-order valence-corrected chi connectivity index (χ1v) is 50.8. The Balaban J connectivity index is 0.000000179. The van der Waals surface area contributed by atoms with Crippen LogP contribution in [0, 0.1) is 0 Å². The fraction of sp³-hybridized carbons (Fsp3) is 0.297. The lowest BCUT2D eigenvalue weighted by atomic mass is 9.93. The average molecular weight is 1730 g/mol. The summed E-state index contributed by atoms with van der Waals surface area (Å²) in [6.07, 6.45) is 9.27. The Hall–Kier alpha value is -12.3. The van der Waals surface area contributed by atoms with Gasteiger partial charge < -0.3 is 13.7 Å². The molecule has 27 rings (SSSR count). The van der Waals surface area contributed by atoms with Gasteiger partial charge in [-0.15, -0.1) is 0 Å². The minimum atomic E-state index is 0. The van der Waals surface area contributed by atoms with Gasteiger partial charge in [0.2, 0.25) is 0 Å². The third-order valence-corrected chi connectivity index (χ3v) is 25.2. The number of rotatable bonds is 0. The van der Waals surface area contributed by atoms with Crippen molar-refractivity contribution in [2.24, 2.45) is 0 Å². The summed E-state index contributed by atoms with van der Waals surface area (Å²) in [6.45, 7) is 56.0. The van der Waals surface area contributed by atoms with Gasteiger partial charge in [-0.25, -0.2) is 0 Å². The normalized spacial score (nSPS) is 11.6. The Morgan fingerprint density at radius 2 is 0.427 bits per heavy atom. The monoisotopic (exact) mass is 1730 g/mol. The summed E-state index contributed by atoms with van der Waals surface area (Å²) in [6, 6.07) is 104. The van der Waals surface area contributed by atoms with Crippen molar-refractivity contribution in [2.45, 2.75) is 259 Å². The second-order valence-electron chi connectivity index (χ2n) is 30.4. The smallest absolute Gasteiger partial charge is 0.0576 e. The van der Waals surface area contributed by atoms with Gasteiger partial charge in [0.15, 0.2) is 0 Å². The van der Waals surface area contributed by atoms with Crippen LogP contribution >= 0.6 is 0 Å². The van der Waals surface area contributed by atoms with Crippen LogP contribution in [0.2, 0.25) is 0 Å². The number of para-hydroxylation sites is 3. The lowest BCUT2D eigenvalue weighted by Gasteiger charge is -2.22. The molecule has 0 saturated carbocycles. The molecule has 6 aliphatic carbocycles. The zero-order chi connectivity index (χ0) is 93.9. The van der Waals surface area contributed by atoms with Crippen molar-refractivity contribution < 1.29 is 0 Å². The third kappa shape index (κ3) is 17.3. The van der Waals surface area contributed by atoms with Gasteiger partial charge in [0.25, 0.3) is 0 Å². The molecule has 0 fully saturated rings. The van der Waals surface area contributed by atoms with E-state index < -0.39 is 0 Å². The molecule has 3 aromatic heterocycles. The quantitative estimate of drug-likeness (QED) is 0.144. The van der Waals surface area contributed by atoms with Crippen LogP contribution in [0.25, 0.3) is 149 Å². The standard InChI is InChI=1S/3C33H21N.14C2H6.CH4/c1-4-10-25-19(6-1)14-22-16-23-15-21-8-5-11-27-32-29-17-20-7-2-3-9-24(20)26(29)12-13-30(32)34(33(21)27)31(23)18-28(22)25;1-3-9-25-19(6-1)12-22-15-24-14-21-8-5-11-27-30-16-23-13-20-7-2-4-10-26(20)29(23)18-32(30)34(33(21)27)31(24)17-28(22)25;1-3-9-25-19(6-1)15-23-17-24-16-22-8-5-11-27-32-29(34(33(22)27)30(24)18-28(23)25)13-12-21-14-20-7-2-4-10-26(20)31(21)32;14*1-2;/h1-13,16,18H,14-15,17H2;1-11,15-18H,12-14H2;1-13,17-18H,14-16H2;14*1-2H3;1H4. The molecule has 0 atom stereocenters. The Morgan fingerprint density at radius 3 is 0.817 bits per heavy atom. The lowest BCUT2D eigenvalue weighted by molar-refractivity contribution is 1.04. The van der Waals surface area contributed by atoms with Crippen LogP contribution in [0.3, 0.4) is 0 Å². The largest absolute Gasteiger partial charge is 0.309 e. The molecule has 3 nitrogen and oxygen atoms in total. The first kappa shape index (κ1) is 101. The molecule has 6 heterocycles. The summed E-state index contributed by atoms with van der Waals surface area (Å²) in [5.41, 5.74) is 55.5. The molecule has 0 unspecified atom stereocenters. The highest BCUT2D eigenvalue weighted by molar-refractivity contribution is 6.20. The maximum atomic E-state index is 2.57. The van der Waals surface area contributed by atoms with Crippen LogP contribution in [0.4, 0.5) is 0 Å². The van der Waals surface area contributed by atoms with E-state index in [9.17, 15) is 0 Å². The average Bonchev–Trinajstić information content (AvgIpc) is 1.55.